The maximum Gasteiger partial charge on any atom is 0.123 e. The molecule has 4 unspecified atom stereocenters. The van der Waals surface area contributed by atoms with E-state index in [1.807, 2.05) is 6.07 Å². The average Bonchev–Trinajstić information content (AvgIpc) is 2.91. The van der Waals surface area contributed by atoms with Crippen LogP contribution in [0.25, 0.3) is 0 Å². The average molecular weight is 340 g/mol. The molecule has 0 radical (unpaired) electrons. The zero-order valence-corrected chi connectivity index (χ0v) is 15.1. The van der Waals surface area contributed by atoms with Crippen molar-refractivity contribution in [2.75, 3.05) is 31.5 Å². The summed E-state index contributed by atoms with van der Waals surface area (Å²) in [5.74, 6) is 3.05. The molecule has 25 heavy (non-hydrogen) atoms. The quantitative estimate of drug-likeness (QED) is 0.858. The van der Waals surface area contributed by atoms with Crippen molar-refractivity contribution < 1.29 is 4.39 Å². The first-order valence-electron chi connectivity index (χ1n) is 10.4. The third-order valence-corrected chi connectivity index (χ3v) is 8.87. The van der Waals surface area contributed by atoms with Gasteiger partial charge in [-0.05, 0) is 105 Å². The molecule has 5 aliphatic rings. The van der Waals surface area contributed by atoms with Crippen LogP contribution in [0.15, 0.2) is 18.2 Å². The van der Waals surface area contributed by atoms with Crippen molar-refractivity contribution in [1.82, 2.24) is 4.90 Å². The Morgan fingerprint density at radius 2 is 2.00 bits per heavy atom. The summed E-state index contributed by atoms with van der Waals surface area (Å²) in [6, 6.07) is 5.30. The zero-order valence-electron chi connectivity index (χ0n) is 15.1. The molecule has 1 N–H and O–H groups in total. The lowest BCUT2D eigenvalue weighted by atomic mass is 9.74. The normalized spacial score (nSPS) is 40.6. The Balaban J connectivity index is 1.14. The van der Waals surface area contributed by atoms with E-state index in [-0.39, 0.29) is 11.2 Å². The van der Waals surface area contributed by atoms with E-state index in [1.165, 1.54) is 69.4 Å². The van der Waals surface area contributed by atoms with Crippen LogP contribution >= 0.6 is 0 Å². The molecule has 134 valence electrons. The SMILES string of the molecule is Fc1ccc2c(c1)C1(CCN(CC3CCC45CC4CCC35)CC1)CN2. The van der Waals surface area contributed by atoms with Crippen LogP contribution in [0.5, 0.6) is 0 Å². The highest BCUT2D eigenvalue weighted by molar-refractivity contribution is 5.60. The number of nitrogens with one attached hydrogen (secondary N) is 1. The standard InChI is InChI=1S/C22H29FN2/c23-17-2-4-20-19(11-17)21(14-24-20)7-9-25(10-8-21)13-15-5-6-22-12-16(22)1-3-18(15)22/h2,4,11,15-16,18,24H,1,3,5-10,12-14H2. The molecule has 2 heterocycles. The summed E-state index contributed by atoms with van der Waals surface area (Å²) >= 11 is 0. The molecule has 0 amide bonds. The first kappa shape index (κ1) is 15.0. The van der Waals surface area contributed by atoms with Crippen molar-refractivity contribution in [3.63, 3.8) is 0 Å². The molecule has 2 nitrogen and oxygen atoms in total. The van der Waals surface area contributed by atoms with Crippen molar-refractivity contribution in [2.45, 2.75) is 50.4 Å². The van der Waals surface area contributed by atoms with Crippen LogP contribution in [0.4, 0.5) is 10.1 Å². The molecular formula is C22H29FN2. The van der Waals surface area contributed by atoms with E-state index in [4.69, 9.17) is 0 Å². The number of halogens is 1. The number of piperidine rings is 1. The number of benzene rings is 1. The van der Waals surface area contributed by atoms with Crippen LogP contribution in [0.2, 0.25) is 0 Å². The van der Waals surface area contributed by atoms with Crippen LogP contribution in [0.1, 0.15) is 50.5 Å². The van der Waals surface area contributed by atoms with Gasteiger partial charge in [-0.15, -0.1) is 0 Å². The molecule has 0 aromatic heterocycles. The topological polar surface area (TPSA) is 15.3 Å². The maximum atomic E-state index is 13.8. The van der Waals surface area contributed by atoms with Crippen LogP contribution in [-0.4, -0.2) is 31.1 Å². The third-order valence-electron chi connectivity index (χ3n) is 8.87. The van der Waals surface area contributed by atoms with Gasteiger partial charge in [0.25, 0.3) is 0 Å². The molecule has 0 bridgehead atoms. The third kappa shape index (κ3) is 2.05. The van der Waals surface area contributed by atoms with Gasteiger partial charge >= 0.3 is 0 Å². The predicted molar refractivity (Wildman–Crippen MR) is 98.2 cm³/mol. The Bertz CT molecular complexity index is 708. The van der Waals surface area contributed by atoms with Crippen molar-refractivity contribution >= 4 is 5.69 Å². The summed E-state index contributed by atoms with van der Waals surface area (Å²) in [6.45, 7) is 4.71. The summed E-state index contributed by atoms with van der Waals surface area (Å²) in [7, 11) is 0. The van der Waals surface area contributed by atoms with E-state index >= 15 is 0 Å². The van der Waals surface area contributed by atoms with Crippen molar-refractivity contribution in [2.24, 2.45) is 23.2 Å². The number of hydrogen-bond acceptors (Lipinski definition) is 2. The highest BCUT2D eigenvalue weighted by atomic mass is 19.1. The van der Waals surface area contributed by atoms with Crippen LogP contribution < -0.4 is 5.32 Å². The molecule has 1 aromatic rings. The second kappa shape index (κ2) is 5.00. The molecule has 3 saturated carbocycles. The summed E-state index contributed by atoms with van der Waals surface area (Å²) in [5, 5.41) is 3.53. The maximum absolute atomic E-state index is 13.8. The van der Waals surface area contributed by atoms with Gasteiger partial charge in [-0.2, -0.15) is 0 Å². The molecule has 4 atom stereocenters. The molecule has 2 spiro atoms. The van der Waals surface area contributed by atoms with E-state index < -0.39 is 0 Å². The summed E-state index contributed by atoms with van der Waals surface area (Å²) < 4.78 is 13.8. The van der Waals surface area contributed by atoms with Crippen LogP contribution in [0.3, 0.4) is 0 Å². The number of rotatable bonds is 2. The Morgan fingerprint density at radius 1 is 1.12 bits per heavy atom. The van der Waals surface area contributed by atoms with Gasteiger partial charge in [-0.1, -0.05) is 0 Å². The van der Waals surface area contributed by atoms with E-state index in [0.29, 0.717) is 0 Å². The van der Waals surface area contributed by atoms with Gasteiger partial charge in [-0.25, -0.2) is 4.39 Å². The van der Waals surface area contributed by atoms with Gasteiger partial charge in [0, 0.05) is 24.2 Å². The lowest BCUT2D eigenvalue weighted by Gasteiger charge is -2.41. The van der Waals surface area contributed by atoms with Gasteiger partial charge < -0.3 is 10.2 Å². The summed E-state index contributed by atoms with van der Waals surface area (Å²) in [4.78, 5) is 2.74. The molecule has 1 aromatic carbocycles. The smallest absolute Gasteiger partial charge is 0.123 e. The Kier molecular flexibility index (Phi) is 3.00. The fourth-order valence-corrected chi connectivity index (χ4v) is 7.39. The minimum atomic E-state index is -0.0827. The first-order valence-corrected chi connectivity index (χ1v) is 10.4. The van der Waals surface area contributed by atoms with Gasteiger partial charge in [0.05, 0.1) is 0 Å². The fourth-order valence-electron chi connectivity index (χ4n) is 7.39. The van der Waals surface area contributed by atoms with Gasteiger partial charge in [0.2, 0.25) is 0 Å². The van der Waals surface area contributed by atoms with Crippen LogP contribution in [-0.2, 0) is 5.41 Å². The van der Waals surface area contributed by atoms with Gasteiger partial charge in [-0.3, -0.25) is 0 Å². The number of anilines is 1. The van der Waals surface area contributed by atoms with E-state index in [0.717, 1.165) is 29.7 Å². The monoisotopic (exact) mass is 340 g/mol. The second-order valence-electron chi connectivity index (χ2n) is 9.74. The van der Waals surface area contributed by atoms with Gasteiger partial charge in [0.15, 0.2) is 0 Å². The predicted octanol–water partition coefficient (Wildman–Crippen LogP) is 4.41. The zero-order chi connectivity index (χ0) is 16.6. The molecule has 1 saturated heterocycles. The first-order chi connectivity index (χ1) is 12.2. The Morgan fingerprint density at radius 3 is 2.84 bits per heavy atom. The van der Waals surface area contributed by atoms with Crippen LogP contribution in [0, 0.1) is 29.0 Å². The lowest BCUT2D eigenvalue weighted by molar-refractivity contribution is 0.130. The van der Waals surface area contributed by atoms with E-state index in [9.17, 15) is 4.39 Å². The molecule has 2 aliphatic heterocycles. The Hall–Kier alpha value is -1.09. The number of fused-ring (bicyclic) bond motifs is 2. The van der Waals surface area contributed by atoms with Gasteiger partial charge in [0.1, 0.15) is 5.82 Å². The number of nitrogens with zero attached hydrogens (tertiary/aromatic N) is 1. The molecule has 4 fully saturated rings. The minimum absolute atomic E-state index is 0.0827. The lowest BCUT2D eigenvalue weighted by Crippen LogP contribution is -2.45. The highest BCUT2D eigenvalue weighted by Crippen LogP contribution is 2.74. The molecule has 3 aliphatic carbocycles. The molecular weight excluding hydrogens is 311 g/mol. The second-order valence-corrected chi connectivity index (χ2v) is 9.74. The summed E-state index contributed by atoms with van der Waals surface area (Å²) in [5.41, 5.74) is 3.41. The molecule has 3 heteroatoms. The van der Waals surface area contributed by atoms with Crippen molar-refractivity contribution in [3.05, 3.63) is 29.6 Å². The van der Waals surface area contributed by atoms with E-state index in [1.54, 1.807) is 18.6 Å². The Labute approximate surface area is 150 Å². The highest BCUT2D eigenvalue weighted by Gasteiger charge is 2.66. The molecule has 6 rings (SSSR count). The van der Waals surface area contributed by atoms with Crippen molar-refractivity contribution in [3.8, 4) is 0 Å². The summed E-state index contributed by atoms with van der Waals surface area (Å²) in [6.07, 6.45) is 9.98. The minimum Gasteiger partial charge on any atom is -0.384 e. The van der Waals surface area contributed by atoms with E-state index in [2.05, 4.69) is 10.2 Å². The van der Waals surface area contributed by atoms with Crippen molar-refractivity contribution in [1.29, 1.82) is 0 Å². The fraction of sp³-hybridized carbons (Fsp3) is 0.727. The number of hydrogen-bond donors (Lipinski definition) is 1. The largest absolute Gasteiger partial charge is 0.384 e. The number of likely N-dealkylation sites (tertiary alicyclic amines) is 1.